The van der Waals surface area contributed by atoms with E-state index in [2.05, 4.69) is 15.3 Å². The second kappa shape index (κ2) is 4.57. The molecule has 1 aromatic rings. The Morgan fingerprint density at radius 2 is 2.46 bits per heavy atom. The van der Waals surface area contributed by atoms with E-state index in [-0.39, 0.29) is 11.2 Å². The fourth-order valence-electron chi connectivity index (χ4n) is 0.724. The summed E-state index contributed by atoms with van der Waals surface area (Å²) in [6.07, 6.45) is 4.51. The smallest absolute Gasteiger partial charge is 0.249 e. The number of rotatable bonds is 2. The molecule has 0 radical (unpaired) electrons. The van der Waals surface area contributed by atoms with E-state index < -0.39 is 0 Å². The monoisotopic (exact) mass is 197 g/mol. The molecular weight excluding hydrogens is 190 g/mol. The SMILES string of the molecule is C/C=C/C(=O)Nc1ccnc(Cl)n1. The first kappa shape index (κ1) is 9.67. The zero-order valence-corrected chi connectivity index (χ0v) is 7.75. The third-order valence-electron chi connectivity index (χ3n) is 1.20. The molecule has 1 amide bonds. The minimum atomic E-state index is -0.239. The van der Waals surface area contributed by atoms with Gasteiger partial charge in [-0.2, -0.15) is 0 Å². The van der Waals surface area contributed by atoms with Gasteiger partial charge in [0.1, 0.15) is 5.82 Å². The topological polar surface area (TPSA) is 54.9 Å². The first-order valence-electron chi connectivity index (χ1n) is 3.64. The minimum Gasteiger partial charge on any atom is -0.307 e. The summed E-state index contributed by atoms with van der Waals surface area (Å²) in [6, 6.07) is 1.56. The Hall–Kier alpha value is -1.42. The van der Waals surface area contributed by atoms with Crippen molar-refractivity contribution in [3.8, 4) is 0 Å². The summed E-state index contributed by atoms with van der Waals surface area (Å²) in [6.45, 7) is 1.76. The van der Waals surface area contributed by atoms with Gasteiger partial charge < -0.3 is 5.32 Å². The maximum absolute atomic E-state index is 11.0. The van der Waals surface area contributed by atoms with Crippen LogP contribution in [-0.4, -0.2) is 15.9 Å². The van der Waals surface area contributed by atoms with Gasteiger partial charge in [-0.3, -0.25) is 4.79 Å². The number of hydrogen-bond donors (Lipinski definition) is 1. The van der Waals surface area contributed by atoms with E-state index in [0.29, 0.717) is 5.82 Å². The molecule has 0 saturated heterocycles. The van der Waals surface area contributed by atoms with Crippen LogP contribution in [-0.2, 0) is 4.79 Å². The molecule has 68 valence electrons. The molecule has 13 heavy (non-hydrogen) atoms. The Balaban J connectivity index is 2.69. The van der Waals surface area contributed by atoms with Crippen LogP contribution in [0.1, 0.15) is 6.92 Å². The van der Waals surface area contributed by atoms with Crippen molar-refractivity contribution >= 4 is 23.3 Å². The molecule has 0 atom stereocenters. The summed E-state index contributed by atoms with van der Waals surface area (Å²) in [5.41, 5.74) is 0. The molecule has 0 aliphatic carbocycles. The molecule has 0 fully saturated rings. The van der Waals surface area contributed by atoms with E-state index in [0.717, 1.165) is 0 Å². The summed E-state index contributed by atoms with van der Waals surface area (Å²) < 4.78 is 0. The van der Waals surface area contributed by atoms with Crippen LogP contribution in [0.25, 0.3) is 0 Å². The van der Waals surface area contributed by atoms with E-state index in [1.54, 1.807) is 19.1 Å². The molecule has 1 rings (SSSR count). The number of anilines is 1. The van der Waals surface area contributed by atoms with Crippen LogP contribution in [0.4, 0.5) is 5.82 Å². The number of nitrogens with one attached hydrogen (secondary N) is 1. The zero-order valence-electron chi connectivity index (χ0n) is 6.99. The Morgan fingerprint density at radius 1 is 1.69 bits per heavy atom. The molecule has 1 aromatic heterocycles. The molecule has 1 heterocycles. The number of allylic oxidation sites excluding steroid dienone is 1. The van der Waals surface area contributed by atoms with Gasteiger partial charge >= 0.3 is 0 Å². The van der Waals surface area contributed by atoms with Gasteiger partial charge in [0.2, 0.25) is 11.2 Å². The predicted octanol–water partition coefficient (Wildman–Crippen LogP) is 1.64. The molecule has 0 bridgehead atoms. The fourth-order valence-corrected chi connectivity index (χ4v) is 0.871. The summed E-state index contributed by atoms with van der Waals surface area (Å²) in [4.78, 5) is 18.5. The fraction of sp³-hybridized carbons (Fsp3) is 0.125. The lowest BCUT2D eigenvalue weighted by molar-refractivity contribution is -0.111. The number of nitrogens with zero attached hydrogens (tertiary/aromatic N) is 2. The van der Waals surface area contributed by atoms with Gasteiger partial charge in [0, 0.05) is 6.20 Å². The highest BCUT2D eigenvalue weighted by atomic mass is 35.5. The summed E-state index contributed by atoms with van der Waals surface area (Å²) in [7, 11) is 0. The van der Waals surface area contributed by atoms with E-state index >= 15 is 0 Å². The van der Waals surface area contributed by atoms with Crippen molar-refractivity contribution in [1.82, 2.24) is 9.97 Å². The lowest BCUT2D eigenvalue weighted by Gasteiger charge is -1.99. The average molecular weight is 198 g/mol. The maximum Gasteiger partial charge on any atom is 0.249 e. The molecule has 1 N–H and O–H groups in total. The quantitative estimate of drug-likeness (QED) is 0.579. The summed E-state index contributed by atoms with van der Waals surface area (Å²) >= 11 is 5.51. The Morgan fingerprint density at radius 3 is 3.08 bits per heavy atom. The average Bonchev–Trinajstić information content (AvgIpc) is 2.04. The Bertz CT molecular complexity index is 338. The van der Waals surface area contributed by atoms with Crippen molar-refractivity contribution in [2.24, 2.45) is 0 Å². The highest BCUT2D eigenvalue weighted by Gasteiger charge is 1.98. The summed E-state index contributed by atoms with van der Waals surface area (Å²) in [5, 5.41) is 2.63. The highest BCUT2D eigenvalue weighted by molar-refractivity contribution is 6.28. The molecule has 4 nitrogen and oxygen atoms in total. The molecule has 0 aliphatic heterocycles. The van der Waals surface area contributed by atoms with Gasteiger partial charge in [-0.1, -0.05) is 6.08 Å². The number of carbonyl (C=O) groups is 1. The predicted molar refractivity (Wildman–Crippen MR) is 50.5 cm³/mol. The van der Waals surface area contributed by atoms with Crippen LogP contribution in [0.15, 0.2) is 24.4 Å². The van der Waals surface area contributed by atoms with E-state index in [1.807, 2.05) is 0 Å². The number of hydrogen-bond acceptors (Lipinski definition) is 3. The second-order valence-corrected chi connectivity index (χ2v) is 2.54. The van der Waals surface area contributed by atoms with Crippen LogP contribution < -0.4 is 5.32 Å². The highest BCUT2D eigenvalue weighted by Crippen LogP contribution is 2.05. The maximum atomic E-state index is 11.0. The third-order valence-corrected chi connectivity index (χ3v) is 1.38. The van der Waals surface area contributed by atoms with Crippen molar-refractivity contribution in [2.45, 2.75) is 6.92 Å². The van der Waals surface area contributed by atoms with Gasteiger partial charge in [-0.15, -0.1) is 0 Å². The number of amides is 1. The van der Waals surface area contributed by atoms with Crippen molar-refractivity contribution in [3.05, 3.63) is 29.7 Å². The molecule has 0 unspecified atom stereocenters. The van der Waals surface area contributed by atoms with Crippen LogP contribution >= 0.6 is 11.6 Å². The van der Waals surface area contributed by atoms with Crippen molar-refractivity contribution in [3.63, 3.8) is 0 Å². The Labute approximate surface area is 80.7 Å². The first-order chi connectivity index (χ1) is 6.22. The van der Waals surface area contributed by atoms with Crippen molar-refractivity contribution in [1.29, 1.82) is 0 Å². The van der Waals surface area contributed by atoms with Crippen LogP contribution in [0.2, 0.25) is 5.28 Å². The largest absolute Gasteiger partial charge is 0.307 e. The number of halogens is 1. The second-order valence-electron chi connectivity index (χ2n) is 2.20. The molecule has 5 heteroatoms. The molecular formula is C8H8ClN3O. The first-order valence-corrected chi connectivity index (χ1v) is 4.02. The third kappa shape index (κ3) is 3.21. The lowest BCUT2D eigenvalue weighted by atomic mass is 10.5. The van der Waals surface area contributed by atoms with E-state index in [1.165, 1.54) is 12.3 Å². The van der Waals surface area contributed by atoms with Gasteiger partial charge in [-0.25, -0.2) is 9.97 Å². The van der Waals surface area contributed by atoms with Gasteiger partial charge in [-0.05, 0) is 30.7 Å². The van der Waals surface area contributed by atoms with Crippen molar-refractivity contribution < 1.29 is 4.79 Å². The van der Waals surface area contributed by atoms with E-state index in [9.17, 15) is 4.79 Å². The van der Waals surface area contributed by atoms with Crippen LogP contribution in [0, 0.1) is 0 Å². The van der Waals surface area contributed by atoms with Gasteiger partial charge in [0.05, 0.1) is 0 Å². The number of aromatic nitrogens is 2. The Kier molecular flexibility index (Phi) is 3.40. The van der Waals surface area contributed by atoms with Crippen LogP contribution in [0.3, 0.4) is 0 Å². The zero-order chi connectivity index (χ0) is 9.68. The molecule has 0 saturated carbocycles. The number of carbonyl (C=O) groups excluding carboxylic acids is 1. The van der Waals surface area contributed by atoms with Crippen molar-refractivity contribution in [2.75, 3.05) is 5.32 Å². The standard InChI is InChI=1S/C8H8ClN3O/c1-2-3-7(13)11-6-4-5-10-8(9)12-6/h2-5H,1H3,(H,10,11,12,13)/b3-2+. The van der Waals surface area contributed by atoms with Gasteiger partial charge in [0.25, 0.3) is 0 Å². The molecule has 0 spiro atoms. The van der Waals surface area contributed by atoms with Crippen LogP contribution in [0.5, 0.6) is 0 Å². The van der Waals surface area contributed by atoms with Gasteiger partial charge in [0.15, 0.2) is 0 Å². The summed E-state index contributed by atoms with van der Waals surface area (Å²) in [5.74, 6) is 0.153. The molecule has 0 aliphatic rings. The lowest BCUT2D eigenvalue weighted by Crippen LogP contribution is -2.09. The van der Waals surface area contributed by atoms with E-state index in [4.69, 9.17) is 11.6 Å². The normalized spacial score (nSPS) is 10.3. The minimum absolute atomic E-state index is 0.110. The molecule has 0 aromatic carbocycles.